The first-order chi connectivity index (χ1) is 6.02. The molecule has 0 aromatic carbocycles. The van der Waals surface area contributed by atoms with Crippen molar-refractivity contribution in [2.75, 3.05) is 13.2 Å². The van der Waals surface area contributed by atoms with E-state index in [1.807, 2.05) is 6.92 Å². The van der Waals surface area contributed by atoms with E-state index in [0.717, 1.165) is 6.42 Å². The number of rotatable bonds is 7. The zero-order valence-corrected chi connectivity index (χ0v) is 8.25. The van der Waals surface area contributed by atoms with Gasteiger partial charge < -0.3 is 14.9 Å². The number of carbonyl (C=O) groups is 1. The number of hydrogen-bond acceptors (Lipinski definition) is 4. The van der Waals surface area contributed by atoms with Crippen molar-refractivity contribution in [3.63, 3.8) is 0 Å². The highest BCUT2D eigenvalue weighted by molar-refractivity contribution is 5.79. The third-order valence-corrected chi connectivity index (χ3v) is 1.66. The lowest BCUT2D eigenvalue weighted by atomic mass is 10.1. The van der Waals surface area contributed by atoms with E-state index in [1.54, 1.807) is 0 Å². The summed E-state index contributed by atoms with van der Waals surface area (Å²) < 4.78 is 5.10. The summed E-state index contributed by atoms with van der Waals surface area (Å²) in [7, 11) is 0. The molecule has 78 valence electrons. The maximum Gasteiger partial charge on any atom is 0.163 e. The first-order valence-corrected chi connectivity index (χ1v) is 4.50. The first kappa shape index (κ1) is 12.6. The minimum absolute atomic E-state index is 0.146. The molecule has 0 aliphatic carbocycles. The molecule has 0 radical (unpaired) electrons. The molecule has 2 N–H and O–H groups in total. The summed E-state index contributed by atoms with van der Waals surface area (Å²) in [5.41, 5.74) is 0. The van der Waals surface area contributed by atoms with Gasteiger partial charge in [-0.15, -0.1) is 0 Å². The van der Waals surface area contributed by atoms with Gasteiger partial charge in [0.2, 0.25) is 0 Å². The van der Waals surface area contributed by atoms with Crippen LogP contribution in [0.15, 0.2) is 0 Å². The van der Waals surface area contributed by atoms with Gasteiger partial charge in [-0.2, -0.15) is 0 Å². The van der Waals surface area contributed by atoms with E-state index in [2.05, 4.69) is 0 Å². The fraction of sp³-hybridized carbons (Fsp3) is 0.889. The van der Waals surface area contributed by atoms with Gasteiger partial charge in [0.05, 0.1) is 0 Å². The molecule has 0 aliphatic rings. The lowest BCUT2D eigenvalue weighted by Crippen LogP contribution is -2.29. The predicted molar refractivity (Wildman–Crippen MR) is 48.2 cm³/mol. The van der Waals surface area contributed by atoms with E-state index >= 15 is 0 Å². The van der Waals surface area contributed by atoms with Crippen LogP contribution in [0.3, 0.4) is 0 Å². The molecule has 0 heterocycles. The molecule has 0 aromatic heterocycles. The Hall–Kier alpha value is -0.450. The van der Waals surface area contributed by atoms with Crippen LogP contribution in [0.1, 0.15) is 33.1 Å². The van der Waals surface area contributed by atoms with E-state index < -0.39 is 12.4 Å². The molecule has 1 atom stereocenters. The molecule has 0 saturated carbocycles. The minimum Gasteiger partial charge on any atom is -0.389 e. The monoisotopic (exact) mass is 190 g/mol. The summed E-state index contributed by atoms with van der Waals surface area (Å²) in [4.78, 5) is 10.7. The van der Waals surface area contributed by atoms with Crippen LogP contribution < -0.4 is 0 Å². The number of Topliss-reactive ketones (excluding diaryl/α,β-unsaturated/α-hetero) is 1. The van der Waals surface area contributed by atoms with E-state index in [9.17, 15) is 9.90 Å². The van der Waals surface area contributed by atoms with Gasteiger partial charge in [0, 0.05) is 19.4 Å². The fourth-order valence-electron chi connectivity index (χ4n) is 0.845. The van der Waals surface area contributed by atoms with Crippen molar-refractivity contribution in [3.8, 4) is 0 Å². The van der Waals surface area contributed by atoms with Crippen molar-refractivity contribution in [2.24, 2.45) is 0 Å². The molecule has 0 rings (SSSR count). The number of ketones is 1. The van der Waals surface area contributed by atoms with Crippen molar-refractivity contribution in [1.82, 2.24) is 0 Å². The van der Waals surface area contributed by atoms with Gasteiger partial charge in [0.1, 0.15) is 6.61 Å². The highest BCUT2D eigenvalue weighted by Crippen LogP contribution is 2.14. The Labute approximate surface area is 78.5 Å². The Morgan fingerprint density at radius 3 is 2.62 bits per heavy atom. The van der Waals surface area contributed by atoms with Crippen LogP contribution in [0.4, 0.5) is 0 Å². The van der Waals surface area contributed by atoms with Gasteiger partial charge >= 0.3 is 0 Å². The molecule has 0 bridgehead atoms. The second kappa shape index (κ2) is 6.07. The molecule has 0 spiro atoms. The van der Waals surface area contributed by atoms with Crippen LogP contribution in [0.2, 0.25) is 0 Å². The number of carbonyl (C=O) groups excluding carboxylic acids is 1. The van der Waals surface area contributed by atoms with Gasteiger partial charge in [-0.1, -0.05) is 6.92 Å². The highest BCUT2D eigenvalue weighted by Gasteiger charge is 2.21. The average molecular weight is 190 g/mol. The molecule has 0 aliphatic heterocycles. The summed E-state index contributed by atoms with van der Waals surface area (Å²) in [6.45, 7) is 3.46. The molecule has 0 fully saturated rings. The quantitative estimate of drug-likeness (QED) is 0.572. The van der Waals surface area contributed by atoms with E-state index in [-0.39, 0.29) is 18.6 Å². The normalized spacial score (nSPS) is 15.4. The van der Waals surface area contributed by atoms with Crippen molar-refractivity contribution >= 4 is 5.78 Å². The predicted octanol–water partition coefficient (Wildman–Crippen LogP) is 0.463. The highest BCUT2D eigenvalue weighted by atomic mass is 16.6. The van der Waals surface area contributed by atoms with E-state index in [0.29, 0.717) is 6.61 Å². The first-order valence-electron chi connectivity index (χ1n) is 4.50. The SMILES string of the molecule is CCCOC(C)(O)CCC(=O)CO. The summed E-state index contributed by atoms with van der Waals surface area (Å²) in [6.07, 6.45) is 1.20. The van der Waals surface area contributed by atoms with Crippen LogP contribution in [-0.2, 0) is 9.53 Å². The van der Waals surface area contributed by atoms with Crippen LogP contribution in [0.25, 0.3) is 0 Å². The number of aliphatic hydroxyl groups is 2. The third kappa shape index (κ3) is 6.69. The Bertz CT molecular complexity index is 154. The van der Waals surface area contributed by atoms with Crippen molar-refractivity contribution in [2.45, 2.75) is 38.9 Å². The second-order valence-electron chi connectivity index (χ2n) is 3.22. The smallest absolute Gasteiger partial charge is 0.163 e. The standard InChI is InChI=1S/C9H18O4/c1-3-6-13-9(2,12)5-4-8(11)7-10/h10,12H,3-7H2,1-2H3. The Morgan fingerprint density at radius 1 is 1.54 bits per heavy atom. The molecule has 0 aromatic rings. The van der Waals surface area contributed by atoms with Gasteiger partial charge in [-0.3, -0.25) is 4.79 Å². The summed E-state index contributed by atoms with van der Waals surface area (Å²) in [6, 6.07) is 0. The van der Waals surface area contributed by atoms with E-state index in [4.69, 9.17) is 9.84 Å². The van der Waals surface area contributed by atoms with Crippen molar-refractivity contribution in [1.29, 1.82) is 0 Å². The van der Waals surface area contributed by atoms with Crippen molar-refractivity contribution < 1.29 is 19.7 Å². The topological polar surface area (TPSA) is 66.8 Å². The number of aliphatic hydroxyl groups excluding tert-OH is 1. The van der Waals surface area contributed by atoms with Crippen LogP contribution in [-0.4, -0.2) is 35.0 Å². The summed E-state index contributed by atoms with van der Waals surface area (Å²) in [5, 5.41) is 18.0. The second-order valence-corrected chi connectivity index (χ2v) is 3.22. The number of ether oxygens (including phenoxy) is 1. The minimum atomic E-state index is -1.25. The molecule has 0 saturated heterocycles. The Morgan fingerprint density at radius 2 is 2.15 bits per heavy atom. The zero-order valence-electron chi connectivity index (χ0n) is 8.25. The van der Waals surface area contributed by atoms with Crippen LogP contribution in [0.5, 0.6) is 0 Å². The van der Waals surface area contributed by atoms with Crippen molar-refractivity contribution in [3.05, 3.63) is 0 Å². The molecular formula is C9H18O4. The fourth-order valence-corrected chi connectivity index (χ4v) is 0.845. The Balaban J connectivity index is 3.67. The molecule has 0 amide bonds. The lowest BCUT2D eigenvalue weighted by Gasteiger charge is -2.22. The molecule has 4 nitrogen and oxygen atoms in total. The molecule has 1 unspecified atom stereocenters. The summed E-state index contributed by atoms with van der Waals surface area (Å²) >= 11 is 0. The maximum atomic E-state index is 10.7. The lowest BCUT2D eigenvalue weighted by molar-refractivity contribution is -0.195. The zero-order chi connectivity index (χ0) is 10.3. The van der Waals surface area contributed by atoms with Gasteiger partial charge in [-0.25, -0.2) is 0 Å². The largest absolute Gasteiger partial charge is 0.389 e. The molecular weight excluding hydrogens is 172 g/mol. The molecule has 4 heteroatoms. The van der Waals surface area contributed by atoms with E-state index in [1.165, 1.54) is 6.92 Å². The van der Waals surface area contributed by atoms with Gasteiger partial charge in [0.15, 0.2) is 11.6 Å². The molecule has 13 heavy (non-hydrogen) atoms. The maximum absolute atomic E-state index is 10.7. The van der Waals surface area contributed by atoms with Gasteiger partial charge in [0.25, 0.3) is 0 Å². The van der Waals surface area contributed by atoms with Crippen LogP contribution >= 0.6 is 0 Å². The average Bonchev–Trinajstić information content (AvgIpc) is 2.11. The summed E-state index contributed by atoms with van der Waals surface area (Å²) in [5.74, 6) is -1.53. The Kier molecular flexibility index (Phi) is 5.86. The van der Waals surface area contributed by atoms with Crippen LogP contribution in [0, 0.1) is 0 Å². The van der Waals surface area contributed by atoms with Gasteiger partial charge in [-0.05, 0) is 13.3 Å². The number of hydrogen-bond donors (Lipinski definition) is 2. The third-order valence-electron chi connectivity index (χ3n) is 1.66.